The fraction of sp³-hybridized carbons (Fsp3) is 0.304. The summed E-state index contributed by atoms with van der Waals surface area (Å²) < 4.78 is 1.97. The molecule has 1 aliphatic heterocycles. The highest BCUT2D eigenvalue weighted by Gasteiger charge is 2.22. The lowest BCUT2D eigenvalue weighted by atomic mass is 10.2. The highest BCUT2D eigenvalue weighted by molar-refractivity contribution is 5.65. The van der Waals surface area contributed by atoms with Gasteiger partial charge in [0.25, 0.3) is 0 Å². The van der Waals surface area contributed by atoms with Gasteiger partial charge >= 0.3 is 0 Å². The third kappa shape index (κ3) is 4.33. The summed E-state index contributed by atoms with van der Waals surface area (Å²) in [5.41, 5.74) is 2.91. The molecule has 5 heterocycles. The fourth-order valence-electron chi connectivity index (χ4n) is 3.83. The summed E-state index contributed by atoms with van der Waals surface area (Å²) in [7, 11) is 2.16. The first kappa shape index (κ1) is 20.2. The second-order valence-corrected chi connectivity index (χ2v) is 8.29. The number of anilines is 5. The highest BCUT2D eigenvalue weighted by Crippen LogP contribution is 2.25. The number of hydrogen-bond donors (Lipinski definition) is 2. The van der Waals surface area contributed by atoms with Gasteiger partial charge in [0.2, 0.25) is 5.95 Å². The minimum atomic E-state index is 0.452. The number of likely N-dealkylation sites (N-methyl/N-ethyl adjacent to an activating group) is 1. The van der Waals surface area contributed by atoms with E-state index in [2.05, 4.69) is 44.4 Å². The Kier molecular flexibility index (Phi) is 5.32. The number of pyridine rings is 2. The van der Waals surface area contributed by atoms with Gasteiger partial charge in [-0.3, -0.25) is 0 Å². The molecule has 1 saturated heterocycles. The molecule has 1 atom stereocenters. The number of imidazole rings is 1. The zero-order valence-electron chi connectivity index (χ0n) is 18.5. The number of aromatic nitrogens is 5. The van der Waals surface area contributed by atoms with Crippen LogP contribution in [0.3, 0.4) is 0 Å². The van der Waals surface area contributed by atoms with Gasteiger partial charge < -0.3 is 24.8 Å². The number of nitrogens with one attached hydrogen (secondary N) is 2. The fourth-order valence-corrected chi connectivity index (χ4v) is 3.83. The van der Waals surface area contributed by atoms with Crippen molar-refractivity contribution in [1.82, 2.24) is 29.2 Å². The van der Waals surface area contributed by atoms with Crippen LogP contribution in [0.4, 0.5) is 29.1 Å². The molecule has 164 valence electrons. The quantitative estimate of drug-likeness (QED) is 0.499. The Bertz CT molecular complexity index is 1240. The molecule has 0 bridgehead atoms. The molecule has 4 aromatic heterocycles. The van der Waals surface area contributed by atoms with Gasteiger partial charge in [-0.25, -0.2) is 9.97 Å². The SMILES string of the molecule is Cc1ccnc(Nc2nc(Nc3ccn4ccnc4c3)cc(N3CCN(C)[C@@H](C)C3)n2)c1. The van der Waals surface area contributed by atoms with E-state index >= 15 is 0 Å². The topological polar surface area (TPSA) is 86.5 Å². The first-order valence-corrected chi connectivity index (χ1v) is 10.8. The number of nitrogens with zero attached hydrogens (tertiary/aromatic N) is 7. The van der Waals surface area contributed by atoms with Crippen LogP contribution in [0.2, 0.25) is 0 Å². The molecule has 5 rings (SSSR count). The Labute approximate surface area is 187 Å². The Morgan fingerprint density at radius 3 is 2.69 bits per heavy atom. The number of hydrogen-bond acceptors (Lipinski definition) is 8. The number of rotatable bonds is 5. The van der Waals surface area contributed by atoms with E-state index in [0.29, 0.717) is 17.8 Å². The molecular weight excluding hydrogens is 402 g/mol. The normalized spacial score (nSPS) is 17.0. The average molecular weight is 430 g/mol. The lowest BCUT2D eigenvalue weighted by Gasteiger charge is -2.38. The molecule has 0 aliphatic carbocycles. The molecule has 1 aliphatic rings. The van der Waals surface area contributed by atoms with Gasteiger partial charge in [-0.2, -0.15) is 9.97 Å². The maximum absolute atomic E-state index is 4.81. The molecule has 0 spiro atoms. The van der Waals surface area contributed by atoms with E-state index in [1.54, 1.807) is 12.4 Å². The second kappa shape index (κ2) is 8.43. The van der Waals surface area contributed by atoms with Crippen LogP contribution in [0.15, 0.2) is 55.1 Å². The zero-order valence-corrected chi connectivity index (χ0v) is 18.5. The van der Waals surface area contributed by atoms with Crippen molar-refractivity contribution >= 4 is 34.7 Å². The predicted octanol–water partition coefficient (Wildman–Crippen LogP) is 3.46. The van der Waals surface area contributed by atoms with Gasteiger partial charge in [-0.05, 0) is 44.7 Å². The summed E-state index contributed by atoms with van der Waals surface area (Å²) in [6.45, 7) is 7.10. The van der Waals surface area contributed by atoms with Crippen molar-refractivity contribution in [2.45, 2.75) is 19.9 Å². The first-order chi connectivity index (χ1) is 15.5. The van der Waals surface area contributed by atoms with Crippen LogP contribution in [0.1, 0.15) is 12.5 Å². The number of aryl methyl sites for hydroxylation is 1. The van der Waals surface area contributed by atoms with Crippen LogP contribution in [-0.2, 0) is 0 Å². The summed E-state index contributed by atoms with van der Waals surface area (Å²) in [6, 6.07) is 10.4. The van der Waals surface area contributed by atoms with Crippen LogP contribution in [-0.4, -0.2) is 62.0 Å². The predicted molar refractivity (Wildman–Crippen MR) is 127 cm³/mol. The third-order valence-electron chi connectivity index (χ3n) is 5.82. The van der Waals surface area contributed by atoms with E-state index in [9.17, 15) is 0 Å². The van der Waals surface area contributed by atoms with E-state index in [1.165, 1.54) is 0 Å². The van der Waals surface area contributed by atoms with Gasteiger partial charge in [0, 0.05) is 68.3 Å². The highest BCUT2D eigenvalue weighted by atomic mass is 15.3. The van der Waals surface area contributed by atoms with Crippen LogP contribution in [0, 0.1) is 6.92 Å². The van der Waals surface area contributed by atoms with Crippen LogP contribution in [0.25, 0.3) is 5.65 Å². The third-order valence-corrected chi connectivity index (χ3v) is 5.82. The zero-order chi connectivity index (χ0) is 22.1. The van der Waals surface area contributed by atoms with Gasteiger partial charge in [0.1, 0.15) is 23.1 Å². The summed E-state index contributed by atoms with van der Waals surface area (Å²) in [4.78, 5) is 23.0. The minimum absolute atomic E-state index is 0.452. The maximum Gasteiger partial charge on any atom is 0.232 e. The minimum Gasteiger partial charge on any atom is -0.354 e. The first-order valence-electron chi connectivity index (χ1n) is 10.8. The summed E-state index contributed by atoms with van der Waals surface area (Å²) in [5, 5.41) is 6.69. The summed E-state index contributed by atoms with van der Waals surface area (Å²) >= 11 is 0. The van der Waals surface area contributed by atoms with Crippen LogP contribution >= 0.6 is 0 Å². The van der Waals surface area contributed by atoms with Gasteiger partial charge in [-0.1, -0.05) is 0 Å². The van der Waals surface area contributed by atoms with Crippen molar-refractivity contribution in [3.05, 3.63) is 60.7 Å². The van der Waals surface area contributed by atoms with E-state index in [4.69, 9.17) is 9.97 Å². The molecule has 9 nitrogen and oxygen atoms in total. The van der Waals surface area contributed by atoms with E-state index in [1.807, 2.05) is 54.0 Å². The molecule has 2 N–H and O–H groups in total. The molecule has 0 aromatic carbocycles. The summed E-state index contributed by atoms with van der Waals surface area (Å²) in [6.07, 6.45) is 7.47. The van der Waals surface area contributed by atoms with Crippen LogP contribution < -0.4 is 15.5 Å². The van der Waals surface area contributed by atoms with Crippen molar-refractivity contribution in [3.63, 3.8) is 0 Å². The van der Waals surface area contributed by atoms with Gasteiger partial charge in [0.05, 0.1) is 0 Å². The van der Waals surface area contributed by atoms with Gasteiger partial charge in [0.15, 0.2) is 0 Å². The largest absolute Gasteiger partial charge is 0.354 e. The average Bonchev–Trinajstić information content (AvgIpc) is 3.23. The standard InChI is InChI=1S/C23H27N9/c1-16-4-6-24-19(12-16)27-23-28-20(26-18-5-8-31-9-7-25-21(31)13-18)14-22(29-23)32-11-10-30(3)17(2)15-32/h4-9,12-14,17H,10-11,15H2,1-3H3,(H2,24,26,27,28,29)/t17-/m0/s1. The number of piperazine rings is 1. The molecule has 0 unspecified atom stereocenters. The lowest BCUT2D eigenvalue weighted by molar-refractivity contribution is 0.233. The van der Waals surface area contributed by atoms with Crippen LogP contribution in [0.5, 0.6) is 0 Å². The number of fused-ring (bicyclic) bond motifs is 1. The second-order valence-electron chi connectivity index (χ2n) is 8.29. The molecule has 0 amide bonds. The van der Waals surface area contributed by atoms with Crippen molar-refractivity contribution in [2.24, 2.45) is 0 Å². The monoisotopic (exact) mass is 429 g/mol. The van der Waals surface area contributed by atoms with Crippen molar-refractivity contribution in [3.8, 4) is 0 Å². The molecular formula is C23H27N9. The molecule has 0 radical (unpaired) electrons. The molecule has 0 saturated carbocycles. The van der Waals surface area contributed by atoms with E-state index in [-0.39, 0.29) is 0 Å². The lowest BCUT2D eigenvalue weighted by Crippen LogP contribution is -2.50. The van der Waals surface area contributed by atoms with Gasteiger partial charge in [-0.15, -0.1) is 0 Å². The van der Waals surface area contributed by atoms with Crippen molar-refractivity contribution < 1.29 is 0 Å². The van der Waals surface area contributed by atoms with E-state index in [0.717, 1.165) is 48.2 Å². The van der Waals surface area contributed by atoms with Crippen molar-refractivity contribution in [2.75, 3.05) is 42.2 Å². The Morgan fingerprint density at radius 1 is 0.938 bits per heavy atom. The molecule has 32 heavy (non-hydrogen) atoms. The van der Waals surface area contributed by atoms with E-state index < -0.39 is 0 Å². The van der Waals surface area contributed by atoms with Crippen molar-refractivity contribution in [1.29, 1.82) is 0 Å². The molecule has 4 aromatic rings. The Hall–Kier alpha value is -3.72. The Morgan fingerprint density at radius 2 is 1.84 bits per heavy atom. The smallest absolute Gasteiger partial charge is 0.232 e. The molecule has 1 fully saturated rings. The molecule has 9 heteroatoms. The summed E-state index contributed by atoms with van der Waals surface area (Å²) in [5.74, 6) is 2.84. The Balaban J connectivity index is 1.47. The maximum atomic E-state index is 4.81.